The maximum absolute atomic E-state index is 13.6. The summed E-state index contributed by atoms with van der Waals surface area (Å²) in [6, 6.07) is 5.79. The number of aromatic nitrogens is 2. The molecule has 1 atom stereocenters. The van der Waals surface area contributed by atoms with Crippen molar-refractivity contribution < 1.29 is 9.18 Å². The highest BCUT2D eigenvalue weighted by atomic mass is 19.1. The van der Waals surface area contributed by atoms with Crippen molar-refractivity contribution in [2.75, 3.05) is 5.73 Å². The Morgan fingerprint density at radius 1 is 1.37 bits per heavy atom. The van der Waals surface area contributed by atoms with Crippen LogP contribution in [0.3, 0.4) is 0 Å². The van der Waals surface area contributed by atoms with Crippen LogP contribution in [0.2, 0.25) is 0 Å². The van der Waals surface area contributed by atoms with Crippen LogP contribution in [0.4, 0.5) is 10.2 Å². The van der Waals surface area contributed by atoms with E-state index < -0.39 is 11.9 Å². The van der Waals surface area contributed by atoms with E-state index in [1.807, 2.05) is 0 Å². The molecule has 1 heterocycles. The fourth-order valence-electron chi connectivity index (χ4n) is 1.67. The molecule has 2 aromatic rings. The van der Waals surface area contributed by atoms with Gasteiger partial charge >= 0.3 is 0 Å². The first-order valence-electron chi connectivity index (χ1n) is 5.70. The summed E-state index contributed by atoms with van der Waals surface area (Å²) >= 11 is 0. The monoisotopic (exact) mass is 260 g/mol. The number of benzene rings is 1. The van der Waals surface area contributed by atoms with Crippen molar-refractivity contribution in [2.45, 2.75) is 13.0 Å². The number of carbonyl (C=O) groups excluding carboxylic acids is 1. The standard InChI is InChI=1S/C13H13FN4O/c1-8(9-4-2-3-5-10(9)14)17-13(19)11-6-16-7-12(15)18-11/h2-8H,1H3,(H2,15,18)(H,17,19). The zero-order valence-electron chi connectivity index (χ0n) is 10.3. The number of halogens is 1. The van der Waals surface area contributed by atoms with Crippen molar-refractivity contribution in [3.63, 3.8) is 0 Å². The van der Waals surface area contributed by atoms with Gasteiger partial charge in [0.25, 0.3) is 5.91 Å². The molecule has 3 N–H and O–H groups in total. The van der Waals surface area contributed by atoms with Crippen LogP contribution in [0.15, 0.2) is 36.7 Å². The van der Waals surface area contributed by atoms with Crippen LogP contribution in [0.1, 0.15) is 29.0 Å². The fraction of sp³-hybridized carbons (Fsp3) is 0.154. The molecule has 1 unspecified atom stereocenters. The van der Waals surface area contributed by atoms with Gasteiger partial charge in [-0.2, -0.15) is 0 Å². The molecule has 0 aliphatic carbocycles. The third-order valence-electron chi connectivity index (χ3n) is 2.61. The quantitative estimate of drug-likeness (QED) is 0.880. The summed E-state index contributed by atoms with van der Waals surface area (Å²) in [6.45, 7) is 1.69. The Morgan fingerprint density at radius 2 is 2.11 bits per heavy atom. The van der Waals surface area contributed by atoms with Gasteiger partial charge in [-0.25, -0.2) is 9.37 Å². The minimum Gasteiger partial charge on any atom is -0.382 e. The fourth-order valence-corrected chi connectivity index (χ4v) is 1.67. The summed E-state index contributed by atoms with van der Waals surface area (Å²) in [5.74, 6) is -0.657. The van der Waals surface area contributed by atoms with Crippen LogP contribution in [-0.2, 0) is 0 Å². The van der Waals surface area contributed by atoms with Crippen molar-refractivity contribution in [1.29, 1.82) is 0 Å². The van der Waals surface area contributed by atoms with Gasteiger partial charge in [0.2, 0.25) is 0 Å². The number of hydrogen-bond acceptors (Lipinski definition) is 4. The number of nitrogen functional groups attached to an aromatic ring is 1. The first-order valence-corrected chi connectivity index (χ1v) is 5.70. The molecule has 6 heteroatoms. The number of hydrogen-bond donors (Lipinski definition) is 2. The number of rotatable bonds is 3. The Hall–Kier alpha value is -2.50. The van der Waals surface area contributed by atoms with Gasteiger partial charge in [0.1, 0.15) is 17.3 Å². The van der Waals surface area contributed by atoms with Gasteiger partial charge in [0.15, 0.2) is 0 Å². The van der Waals surface area contributed by atoms with Gasteiger partial charge in [-0.15, -0.1) is 0 Å². The van der Waals surface area contributed by atoms with Crippen LogP contribution in [0, 0.1) is 5.82 Å². The Morgan fingerprint density at radius 3 is 2.79 bits per heavy atom. The lowest BCUT2D eigenvalue weighted by atomic mass is 10.1. The van der Waals surface area contributed by atoms with E-state index in [9.17, 15) is 9.18 Å². The minimum absolute atomic E-state index is 0.100. The third-order valence-corrected chi connectivity index (χ3v) is 2.61. The van der Waals surface area contributed by atoms with E-state index in [2.05, 4.69) is 15.3 Å². The molecule has 0 spiro atoms. The number of nitrogens with one attached hydrogen (secondary N) is 1. The average molecular weight is 260 g/mol. The molecular formula is C13H13FN4O. The summed E-state index contributed by atoms with van der Waals surface area (Å²) in [6.07, 6.45) is 2.65. The minimum atomic E-state index is -0.475. The molecule has 0 fully saturated rings. The Balaban J connectivity index is 2.13. The largest absolute Gasteiger partial charge is 0.382 e. The molecule has 2 rings (SSSR count). The Kier molecular flexibility index (Phi) is 3.70. The molecule has 0 aliphatic heterocycles. The van der Waals surface area contributed by atoms with Gasteiger partial charge in [-0.3, -0.25) is 9.78 Å². The summed E-state index contributed by atoms with van der Waals surface area (Å²) < 4.78 is 13.6. The zero-order chi connectivity index (χ0) is 13.8. The second-order valence-corrected chi connectivity index (χ2v) is 4.05. The second kappa shape index (κ2) is 5.43. The highest BCUT2D eigenvalue weighted by Crippen LogP contribution is 2.16. The first kappa shape index (κ1) is 12.9. The highest BCUT2D eigenvalue weighted by molar-refractivity contribution is 5.92. The Bertz CT molecular complexity index is 603. The van der Waals surface area contributed by atoms with Crippen LogP contribution in [0.5, 0.6) is 0 Å². The first-order chi connectivity index (χ1) is 9.08. The lowest BCUT2D eigenvalue weighted by molar-refractivity contribution is 0.0934. The molecule has 5 nitrogen and oxygen atoms in total. The van der Waals surface area contributed by atoms with Crippen LogP contribution in [0.25, 0.3) is 0 Å². The van der Waals surface area contributed by atoms with Crippen LogP contribution in [-0.4, -0.2) is 15.9 Å². The SMILES string of the molecule is CC(NC(=O)c1cncc(N)n1)c1ccccc1F. The molecule has 19 heavy (non-hydrogen) atoms. The topological polar surface area (TPSA) is 80.9 Å². The van der Waals surface area contributed by atoms with Crippen molar-refractivity contribution in [3.05, 3.63) is 53.7 Å². The van der Waals surface area contributed by atoms with Crippen LogP contribution < -0.4 is 11.1 Å². The summed E-state index contributed by atoms with van der Waals surface area (Å²) in [7, 11) is 0. The van der Waals surface area contributed by atoms with Crippen molar-refractivity contribution >= 4 is 11.7 Å². The second-order valence-electron chi connectivity index (χ2n) is 4.05. The third kappa shape index (κ3) is 3.04. The molecular weight excluding hydrogens is 247 g/mol. The molecule has 0 aliphatic rings. The van der Waals surface area contributed by atoms with Gasteiger partial charge in [0, 0.05) is 5.56 Å². The maximum atomic E-state index is 13.6. The van der Waals surface area contributed by atoms with E-state index >= 15 is 0 Å². The number of amides is 1. The van der Waals surface area contributed by atoms with Gasteiger partial charge in [0.05, 0.1) is 18.4 Å². The lowest BCUT2D eigenvalue weighted by Crippen LogP contribution is -2.28. The maximum Gasteiger partial charge on any atom is 0.272 e. The average Bonchev–Trinajstić information content (AvgIpc) is 2.39. The lowest BCUT2D eigenvalue weighted by Gasteiger charge is -2.14. The van der Waals surface area contributed by atoms with Crippen LogP contribution >= 0.6 is 0 Å². The van der Waals surface area contributed by atoms with E-state index in [0.717, 1.165) is 0 Å². The van der Waals surface area contributed by atoms with Gasteiger partial charge in [-0.1, -0.05) is 18.2 Å². The van der Waals surface area contributed by atoms with E-state index in [1.165, 1.54) is 18.5 Å². The normalized spacial score (nSPS) is 11.9. The summed E-state index contributed by atoms with van der Waals surface area (Å²) in [4.78, 5) is 19.5. The summed E-state index contributed by atoms with van der Waals surface area (Å²) in [5.41, 5.74) is 5.96. The molecule has 1 aromatic carbocycles. The van der Waals surface area contributed by atoms with Crippen molar-refractivity contribution in [2.24, 2.45) is 0 Å². The number of nitrogens with zero attached hydrogens (tertiary/aromatic N) is 2. The molecule has 98 valence electrons. The van der Waals surface area contributed by atoms with E-state index in [0.29, 0.717) is 5.56 Å². The predicted octanol–water partition coefficient (Wildman–Crippen LogP) is 1.69. The molecule has 0 bridgehead atoms. The smallest absolute Gasteiger partial charge is 0.272 e. The zero-order valence-corrected chi connectivity index (χ0v) is 10.3. The molecule has 1 amide bonds. The van der Waals surface area contributed by atoms with Crippen molar-refractivity contribution in [1.82, 2.24) is 15.3 Å². The summed E-state index contributed by atoms with van der Waals surface area (Å²) in [5, 5.41) is 2.64. The number of carbonyl (C=O) groups is 1. The highest BCUT2D eigenvalue weighted by Gasteiger charge is 2.15. The molecule has 1 aromatic heterocycles. The molecule has 0 radical (unpaired) electrons. The molecule has 0 saturated heterocycles. The van der Waals surface area contributed by atoms with Crippen molar-refractivity contribution in [3.8, 4) is 0 Å². The number of nitrogens with two attached hydrogens (primary N) is 1. The van der Waals surface area contributed by atoms with E-state index in [1.54, 1.807) is 25.1 Å². The Labute approximate surface area is 109 Å². The molecule has 0 saturated carbocycles. The van der Waals surface area contributed by atoms with Gasteiger partial charge in [-0.05, 0) is 13.0 Å². The van der Waals surface area contributed by atoms with E-state index in [-0.39, 0.29) is 17.3 Å². The predicted molar refractivity (Wildman–Crippen MR) is 68.7 cm³/mol. The van der Waals surface area contributed by atoms with E-state index in [4.69, 9.17) is 5.73 Å². The number of anilines is 1. The van der Waals surface area contributed by atoms with Gasteiger partial charge < -0.3 is 11.1 Å².